The van der Waals surface area contributed by atoms with Crippen LogP contribution >= 0.6 is 27.5 Å². The maximum Gasteiger partial charge on any atom is 0.264 e. The zero-order valence-electron chi connectivity index (χ0n) is 21.3. The number of halogens is 2. The summed E-state index contributed by atoms with van der Waals surface area (Å²) in [6.45, 7) is 3.74. The minimum Gasteiger partial charge on any atom is -0.354 e. The van der Waals surface area contributed by atoms with E-state index >= 15 is 0 Å². The molecular weight excluding hydrogens is 590 g/mol. The van der Waals surface area contributed by atoms with Gasteiger partial charge in [0.05, 0.1) is 15.6 Å². The van der Waals surface area contributed by atoms with E-state index in [0.717, 1.165) is 27.2 Å². The lowest BCUT2D eigenvalue weighted by atomic mass is 10.1. The van der Waals surface area contributed by atoms with Crippen LogP contribution in [0.1, 0.15) is 32.3 Å². The number of amides is 2. The van der Waals surface area contributed by atoms with Crippen LogP contribution in [0.15, 0.2) is 88.2 Å². The number of unbranched alkanes of at least 4 members (excludes halogenated alkanes) is 1. The number of hydrogen-bond acceptors (Lipinski definition) is 4. The van der Waals surface area contributed by atoms with E-state index in [-0.39, 0.29) is 28.1 Å². The van der Waals surface area contributed by atoms with E-state index in [1.165, 1.54) is 17.0 Å². The van der Waals surface area contributed by atoms with E-state index in [9.17, 15) is 18.0 Å². The molecule has 2 amide bonds. The summed E-state index contributed by atoms with van der Waals surface area (Å²) < 4.78 is 29.3. The molecule has 202 valence electrons. The molecule has 0 aliphatic carbocycles. The molecule has 1 N–H and O–H groups in total. The number of hydrogen-bond donors (Lipinski definition) is 1. The van der Waals surface area contributed by atoms with Crippen LogP contribution in [0.25, 0.3) is 0 Å². The molecule has 0 saturated heterocycles. The first-order chi connectivity index (χ1) is 18.1. The molecule has 0 aliphatic rings. The second kappa shape index (κ2) is 13.8. The number of para-hydroxylation sites is 1. The Morgan fingerprint density at radius 3 is 2.24 bits per heavy atom. The van der Waals surface area contributed by atoms with Gasteiger partial charge in [-0.2, -0.15) is 0 Å². The van der Waals surface area contributed by atoms with E-state index in [0.29, 0.717) is 6.54 Å². The van der Waals surface area contributed by atoms with Crippen molar-refractivity contribution in [2.24, 2.45) is 0 Å². The van der Waals surface area contributed by atoms with Crippen molar-refractivity contribution < 1.29 is 18.0 Å². The fraction of sp³-hybridized carbons (Fsp3) is 0.286. The number of anilines is 1. The number of carbonyl (C=O) groups excluding carboxylic acids is 2. The lowest BCUT2D eigenvalue weighted by molar-refractivity contribution is -0.139. The van der Waals surface area contributed by atoms with E-state index in [1.54, 1.807) is 49.4 Å². The molecule has 0 aliphatic heterocycles. The van der Waals surface area contributed by atoms with Crippen LogP contribution in [0.2, 0.25) is 5.02 Å². The van der Waals surface area contributed by atoms with Gasteiger partial charge < -0.3 is 10.2 Å². The smallest absolute Gasteiger partial charge is 0.264 e. The minimum atomic E-state index is -4.15. The molecule has 0 aromatic heterocycles. The summed E-state index contributed by atoms with van der Waals surface area (Å²) in [6.07, 6.45) is 1.73. The van der Waals surface area contributed by atoms with Gasteiger partial charge >= 0.3 is 0 Å². The molecule has 0 radical (unpaired) electrons. The van der Waals surface area contributed by atoms with Crippen molar-refractivity contribution in [2.45, 2.75) is 44.2 Å². The van der Waals surface area contributed by atoms with Gasteiger partial charge in [0.25, 0.3) is 10.0 Å². The van der Waals surface area contributed by atoms with Crippen molar-refractivity contribution in [3.63, 3.8) is 0 Å². The van der Waals surface area contributed by atoms with E-state index in [1.807, 2.05) is 31.2 Å². The van der Waals surface area contributed by atoms with Crippen molar-refractivity contribution in [1.29, 1.82) is 0 Å². The molecule has 0 unspecified atom stereocenters. The van der Waals surface area contributed by atoms with Crippen LogP contribution in [0, 0.1) is 0 Å². The third kappa shape index (κ3) is 7.58. The molecule has 38 heavy (non-hydrogen) atoms. The average molecular weight is 621 g/mol. The van der Waals surface area contributed by atoms with E-state index < -0.39 is 28.5 Å². The fourth-order valence-corrected chi connectivity index (χ4v) is 5.80. The molecule has 3 aromatic carbocycles. The highest BCUT2D eigenvalue weighted by Crippen LogP contribution is 2.30. The Bertz CT molecular complexity index is 1340. The maximum atomic E-state index is 13.9. The van der Waals surface area contributed by atoms with Crippen molar-refractivity contribution in [3.8, 4) is 0 Å². The highest BCUT2D eigenvalue weighted by atomic mass is 79.9. The first-order valence-corrected chi connectivity index (χ1v) is 14.9. The summed E-state index contributed by atoms with van der Waals surface area (Å²) >= 11 is 9.81. The summed E-state index contributed by atoms with van der Waals surface area (Å²) in [6, 6.07) is 20.9. The van der Waals surface area contributed by atoms with E-state index in [4.69, 9.17) is 11.6 Å². The third-order valence-corrected chi connectivity index (χ3v) is 8.62. The highest BCUT2D eigenvalue weighted by molar-refractivity contribution is 9.10. The summed E-state index contributed by atoms with van der Waals surface area (Å²) in [7, 11) is -4.15. The number of rotatable bonds is 12. The molecular formula is C28H31BrClN3O4S. The first kappa shape index (κ1) is 29.7. The molecule has 0 heterocycles. The normalized spacial score (nSPS) is 12.0. The lowest BCUT2D eigenvalue weighted by Gasteiger charge is -2.32. The first-order valence-electron chi connectivity index (χ1n) is 12.3. The van der Waals surface area contributed by atoms with Crippen LogP contribution in [0.3, 0.4) is 0 Å². The largest absolute Gasteiger partial charge is 0.354 e. The predicted molar refractivity (Wildman–Crippen MR) is 154 cm³/mol. The highest BCUT2D eigenvalue weighted by Gasteiger charge is 2.33. The topological polar surface area (TPSA) is 86.8 Å². The Morgan fingerprint density at radius 1 is 0.974 bits per heavy atom. The van der Waals surface area contributed by atoms with Crippen LogP contribution < -0.4 is 9.62 Å². The Balaban J connectivity index is 1.99. The quantitative estimate of drug-likeness (QED) is 0.266. The van der Waals surface area contributed by atoms with Gasteiger partial charge in [-0.15, -0.1) is 0 Å². The van der Waals surface area contributed by atoms with Crippen LogP contribution in [0.5, 0.6) is 0 Å². The molecule has 3 rings (SSSR count). The Hall–Kier alpha value is -2.88. The Kier molecular flexibility index (Phi) is 10.8. The summed E-state index contributed by atoms with van der Waals surface area (Å²) in [5, 5.41) is 3.06. The van der Waals surface area contributed by atoms with Gasteiger partial charge in [-0.05, 0) is 55.3 Å². The van der Waals surface area contributed by atoms with Gasteiger partial charge in [0.15, 0.2) is 0 Å². The van der Waals surface area contributed by atoms with Crippen LogP contribution in [-0.2, 0) is 26.2 Å². The monoisotopic (exact) mass is 619 g/mol. The zero-order valence-corrected chi connectivity index (χ0v) is 24.5. The molecule has 1 atom stereocenters. The van der Waals surface area contributed by atoms with Crippen molar-refractivity contribution in [1.82, 2.24) is 10.2 Å². The van der Waals surface area contributed by atoms with Gasteiger partial charge in [-0.3, -0.25) is 13.9 Å². The molecule has 0 saturated carbocycles. The molecule has 0 spiro atoms. The number of carbonyl (C=O) groups is 2. The minimum absolute atomic E-state index is 0.0255. The SMILES string of the molecule is CCCCNC(=O)[C@@H](C)N(Cc1ccc(Br)cc1)C(=O)CN(c1ccccc1Cl)S(=O)(=O)c1ccccc1. The van der Waals surface area contributed by atoms with Crippen molar-refractivity contribution >= 4 is 55.1 Å². The van der Waals surface area contributed by atoms with Gasteiger partial charge in [0.2, 0.25) is 11.8 Å². The van der Waals surface area contributed by atoms with Gasteiger partial charge in [-0.25, -0.2) is 8.42 Å². The second-order valence-electron chi connectivity index (χ2n) is 8.74. The van der Waals surface area contributed by atoms with Crippen LogP contribution in [0.4, 0.5) is 5.69 Å². The second-order valence-corrected chi connectivity index (χ2v) is 11.9. The number of sulfonamides is 1. The van der Waals surface area contributed by atoms with Gasteiger partial charge in [0, 0.05) is 17.6 Å². The molecule has 0 bridgehead atoms. The molecule has 0 fully saturated rings. The van der Waals surface area contributed by atoms with Crippen molar-refractivity contribution in [2.75, 3.05) is 17.4 Å². The summed E-state index contributed by atoms with van der Waals surface area (Å²) in [5.41, 5.74) is 0.972. The van der Waals surface area contributed by atoms with E-state index in [2.05, 4.69) is 21.2 Å². The van der Waals surface area contributed by atoms with Crippen LogP contribution in [-0.4, -0.2) is 44.3 Å². The summed E-state index contributed by atoms with van der Waals surface area (Å²) in [4.78, 5) is 28.2. The zero-order chi connectivity index (χ0) is 27.7. The summed E-state index contributed by atoms with van der Waals surface area (Å²) in [5.74, 6) is -0.843. The number of nitrogens with one attached hydrogen (secondary N) is 1. The van der Waals surface area contributed by atoms with Gasteiger partial charge in [0.1, 0.15) is 12.6 Å². The average Bonchev–Trinajstić information content (AvgIpc) is 2.92. The lowest BCUT2D eigenvalue weighted by Crippen LogP contribution is -2.51. The number of benzene rings is 3. The number of nitrogens with zero attached hydrogens (tertiary/aromatic N) is 2. The van der Waals surface area contributed by atoms with Crippen molar-refractivity contribution in [3.05, 3.63) is 93.9 Å². The molecule has 3 aromatic rings. The predicted octanol–water partition coefficient (Wildman–Crippen LogP) is 5.63. The maximum absolute atomic E-state index is 13.9. The fourth-order valence-electron chi connectivity index (χ4n) is 3.79. The Labute approximate surface area is 238 Å². The molecule has 10 heteroatoms. The third-order valence-electron chi connectivity index (χ3n) is 5.99. The van der Waals surface area contributed by atoms with Gasteiger partial charge in [-0.1, -0.05) is 83.3 Å². The molecule has 7 nitrogen and oxygen atoms in total. The Morgan fingerprint density at radius 2 is 1.61 bits per heavy atom. The standard InChI is InChI=1S/C28H31BrClN3O4S/c1-3-4-18-31-28(35)21(2)32(19-22-14-16-23(29)17-15-22)27(34)20-33(26-13-9-8-12-25(26)30)38(36,37)24-10-6-5-7-11-24/h5-17,21H,3-4,18-20H2,1-2H3,(H,31,35)/t21-/m1/s1.